The molecule has 2 rings (SSSR count). The molecule has 1 aromatic rings. The minimum absolute atomic E-state index is 0.225. The Kier molecular flexibility index (Phi) is 5.11. The van der Waals surface area contributed by atoms with Crippen LogP contribution in [0.25, 0.3) is 0 Å². The van der Waals surface area contributed by atoms with Crippen LogP contribution in [0.1, 0.15) is 55.7 Å². The van der Waals surface area contributed by atoms with Crippen molar-refractivity contribution < 1.29 is 13.2 Å². The summed E-state index contributed by atoms with van der Waals surface area (Å²) < 4.78 is 38.6. The van der Waals surface area contributed by atoms with Crippen LogP contribution in [0.15, 0.2) is 18.2 Å². The highest BCUT2D eigenvalue weighted by Gasteiger charge is 2.33. The van der Waals surface area contributed by atoms with Crippen LogP contribution in [-0.2, 0) is 6.18 Å². The molecule has 1 aliphatic rings. The number of hydrogen-bond donors (Lipinski definition) is 3. The van der Waals surface area contributed by atoms with Crippen LogP contribution in [0.3, 0.4) is 0 Å². The van der Waals surface area contributed by atoms with Gasteiger partial charge in [0.2, 0.25) is 0 Å². The zero-order valence-electron chi connectivity index (χ0n) is 11.9. The number of alkyl halides is 3. The molecule has 5 N–H and O–H groups in total. The predicted molar refractivity (Wildman–Crippen MR) is 77.1 cm³/mol. The van der Waals surface area contributed by atoms with E-state index in [9.17, 15) is 13.2 Å². The Labute approximate surface area is 122 Å². The first-order valence-electron chi connectivity index (χ1n) is 7.36. The third-order valence-corrected chi connectivity index (χ3v) is 4.30. The highest BCUT2D eigenvalue weighted by Crippen LogP contribution is 2.38. The number of hydrogen-bond acceptors (Lipinski definition) is 3. The molecule has 0 bridgehead atoms. The van der Waals surface area contributed by atoms with Crippen molar-refractivity contribution >= 4 is 5.69 Å². The lowest BCUT2D eigenvalue weighted by Gasteiger charge is -2.27. The topological polar surface area (TPSA) is 64.1 Å². The third kappa shape index (κ3) is 3.89. The number of anilines is 1. The average Bonchev–Trinajstić information content (AvgIpc) is 2.69. The van der Waals surface area contributed by atoms with E-state index in [-0.39, 0.29) is 12.0 Å². The molecule has 0 saturated heterocycles. The molecule has 6 heteroatoms. The van der Waals surface area contributed by atoms with Crippen LogP contribution in [0.4, 0.5) is 18.9 Å². The van der Waals surface area contributed by atoms with Gasteiger partial charge in [-0.1, -0.05) is 25.7 Å². The minimum Gasteiger partial charge on any atom is -0.398 e. The molecule has 0 amide bonds. The summed E-state index contributed by atoms with van der Waals surface area (Å²) in [6, 6.07) is 3.13. The van der Waals surface area contributed by atoms with Crippen molar-refractivity contribution in [2.24, 2.45) is 11.8 Å². The fraction of sp³-hybridized carbons (Fsp3) is 0.600. The summed E-state index contributed by atoms with van der Waals surface area (Å²) in [5.41, 5.74) is 8.71. The van der Waals surface area contributed by atoms with Gasteiger partial charge in [-0.15, -0.1) is 0 Å². The molecule has 1 aromatic carbocycles. The first-order valence-corrected chi connectivity index (χ1v) is 7.36. The fourth-order valence-corrected chi connectivity index (χ4v) is 3.14. The normalized spacial score (nSPS) is 19.2. The summed E-state index contributed by atoms with van der Waals surface area (Å²) in [7, 11) is 0. The quantitative estimate of drug-likeness (QED) is 0.345. The van der Waals surface area contributed by atoms with Gasteiger partial charge in [-0.3, -0.25) is 11.3 Å². The summed E-state index contributed by atoms with van der Waals surface area (Å²) in [5.74, 6) is 5.85. The fourth-order valence-electron chi connectivity index (χ4n) is 3.14. The van der Waals surface area contributed by atoms with Gasteiger partial charge in [0.15, 0.2) is 0 Å². The van der Waals surface area contributed by atoms with Gasteiger partial charge >= 0.3 is 6.18 Å². The zero-order chi connectivity index (χ0) is 15.5. The average molecular weight is 301 g/mol. The summed E-state index contributed by atoms with van der Waals surface area (Å²) >= 11 is 0. The van der Waals surface area contributed by atoms with Gasteiger partial charge in [0.1, 0.15) is 0 Å². The zero-order valence-corrected chi connectivity index (χ0v) is 11.9. The highest BCUT2D eigenvalue weighted by atomic mass is 19.4. The maximum atomic E-state index is 12.9. The molecule has 1 saturated carbocycles. The first kappa shape index (κ1) is 16.1. The van der Waals surface area contributed by atoms with E-state index in [1.165, 1.54) is 18.9 Å². The molecule has 0 radical (unpaired) electrons. The number of benzene rings is 1. The lowest BCUT2D eigenvalue weighted by molar-refractivity contribution is -0.137. The lowest BCUT2D eigenvalue weighted by Crippen LogP contribution is -2.34. The molecule has 1 aliphatic carbocycles. The van der Waals surface area contributed by atoms with Gasteiger partial charge in [-0.25, -0.2) is 0 Å². The van der Waals surface area contributed by atoms with Crippen molar-refractivity contribution in [2.75, 3.05) is 5.73 Å². The van der Waals surface area contributed by atoms with Crippen molar-refractivity contribution in [3.63, 3.8) is 0 Å². The van der Waals surface area contributed by atoms with E-state index < -0.39 is 11.7 Å². The molecule has 0 heterocycles. The van der Waals surface area contributed by atoms with Gasteiger partial charge in [0.05, 0.1) is 11.6 Å². The third-order valence-electron chi connectivity index (χ3n) is 4.30. The van der Waals surface area contributed by atoms with E-state index in [0.717, 1.165) is 37.8 Å². The SMILES string of the molecule is NNC(c1cc(C(F)(F)F)ccc1N)C1CCCCCC1. The summed E-state index contributed by atoms with van der Waals surface area (Å²) in [6.07, 6.45) is 2.07. The minimum atomic E-state index is -4.37. The van der Waals surface area contributed by atoms with E-state index in [1.807, 2.05) is 0 Å². The molecule has 118 valence electrons. The second kappa shape index (κ2) is 6.66. The molecular weight excluding hydrogens is 279 g/mol. The van der Waals surface area contributed by atoms with Crippen LogP contribution < -0.4 is 17.0 Å². The summed E-state index contributed by atoms with van der Waals surface area (Å²) in [4.78, 5) is 0. The van der Waals surface area contributed by atoms with Crippen LogP contribution in [-0.4, -0.2) is 0 Å². The number of nitrogen functional groups attached to an aromatic ring is 1. The maximum absolute atomic E-state index is 12.9. The van der Waals surface area contributed by atoms with Gasteiger partial charge in [-0.2, -0.15) is 13.2 Å². The Morgan fingerprint density at radius 3 is 2.24 bits per heavy atom. The summed E-state index contributed by atoms with van der Waals surface area (Å²) in [5, 5.41) is 0. The van der Waals surface area contributed by atoms with Gasteiger partial charge in [0.25, 0.3) is 0 Å². The monoisotopic (exact) mass is 301 g/mol. The molecule has 1 unspecified atom stereocenters. The molecule has 1 atom stereocenters. The number of hydrazine groups is 1. The van der Waals surface area contributed by atoms with Crippen molar-refractivity contribution in [3.05, 3.63) is 29.3 Å². The number of halogens is 3. The van der Waals surface area contributed by atoms with E-state index in [2.05, 4.69) is 5.43 Å². The van der Waals surface area contributed by atoms with Crippen molar-refractivity contribution in [2.45, 2.75) is 50.7 Å². The second-order valence-corrected chi connectivity index (χ2v) is 5.74. The van der Waals surface area contributed by atoms with Crippen molar-refractivity contribution in [3.8, 4) is 0 Å². The van der Waals surface area contributed by atoms with Crippen LogP contribution in [0, 0.1) is 5.92 Å². The Morgan fingerprint density at radius 1 is 1.10 bits per heavy atom. The number of nitrogens with one attached hydrogen (secondary N) is 1. The maximum Gasteiger partial charge on any atom is 0.416 e. The van der Waals surface area contributed by atoms with Crippen LogP contribution in [0.5, 0.6) is 0 Å². The number of rotatable bonds is 3. The van der Waals surface area contributed by atoms with Crippen molar-refractivity contribution in [1.29, 1.82) is 0 Å². The van der Waals surface area contributed by atoms with Gasteiger partial charge in [-0.05, 0) is 42.5 Å². The Bertz CT molecular complexity index is 466. The van der Waals surface area contributed by atoms with Crippen LogP contribution >= 0.6 is 0 Å². The Morgan fingerprint density at radius 2 is 1.71 bits per heavy atom. The second-order valence-electron chi connectivity index (χ2n) is 5.74. The smallest absolute Gasteiger partial charge is 0.398 e. The molecule has 21 heavy (non-hydrogen) atoms. The van der Waals surface area contributed by atoms with E-state index in [1.54, 1.807) is 0 Å². The molecule has 0 spiro atoms. The van der Waals surface area contributed by atoms with Crippen molar-refractivity contribution in [1.82, 2.24) is 5.43 Å². The van der Waals surface area contributed by atoms with E-state index in [0.29, 0.717) is 11.3 Å². The molecular formula is C15H22F3N3. The summed E-state index contributed by atoms with van der Waals surface area (Å²) in [6.45, 7) is 0. The van der Waals surface area contributed by atoms with Gasteiger partial charge in [0, 0.05) is 5.69 Å². The standard InChI is InChI=1S/C15H22F3N3/c16-15(17,18)11-7-8-13(19)12(9-11)14(21-20)10-5-3-1-2-4-6-10/h7-10,14,21H,1-6,19-20H2. The highest BCUT2D eigenvalue weighted by molar-refractivity contribution is 5.51. The van der Waals surface area contributed by atoms with Crippen LogP contribution in [0.2, 0.25) is 0 Å². The largest absolute Gasteiger partial charge is 0.416 e. The first-order chi connectivity index (χ1) is 9.93. The van der Waals surface area contributed by atoms with E-state index >= 15 is 0 Å². The number of nitrogens with two attached hydrogens (primary N) is 2. The predicted octanol–water partition coefficient (Wildman–Crippen LogP) is 3.76. The Balaban J connectivity index is 2.32. The molecule has 0 aromatic heterocycles. The molecule has 3 nitrogen and oxygen atoms in total. The lowest BCUT2D eigenvalue weighted by atomic mass is 9.86. The van der Waals surface area contributed by atoms with E-state index in [4.69, 9.17) is 11.6 Å². The molecule has 1 fully saturated rings. The Hall–Kier alpha value is -1.27. The molecule has 0 aliphatic heterocycles. The van der Waals surface area contributed by atoms with Gasteiger partial charge < -0.3 is 5.73 Å².